The summed E-state index contributed by atoms with van der Waals surface area (Å²) in [6.45, 7) is 4.40. The van der Waals surface area contributed by atoms with Crippen LogP contribution < -0.4 is 18.9 Å². The number of hydrogen-bond donors (Lipinski definition) is 0. The molecule has 0 aliphatic heterocycles. The molecule has 160 valence electrons. The number of pyridine rings is 1. The summed E-state index contributed by atoms with van der Waals surface area (Å²) in [5, 5.41) is 5.13. The number of fused-ring (bicyclic) bond motifs is 1. The Hall–Kier alpha value is -3.81. The molecule has 0 amide bonds. The molecule has 2 aromatic carbocycles. The fraction of sp³-hybridized carbons (Fsp3) is 0.261. The van der Waals surface area contributed by atoms with Gasteiger partial charge in [0, 0.05) is 10.9 Å². The topological polar surface area (TPSA) is 88.7 Å². The van der Waals surface area contributed by atoms with Gasteiger partial charge in [0.15, 0.2) is 11.5 Å². The summed E-state index contributed by atoms with van der Waals surface area (Å²) in [4.78, 5) is 9.24. The molecule has 0 radical (unpaired) electrons. The third-order valence-corrected chi connectivity index (χ3v) is 4.80. The van der Waals surface area contributed by atoms with E-state index in [1.807, 2.05) is 38.1 Å². The highest BCUT2D eigenvalue weighted by Crippen LogP contribution is 2.41. The molecule has 0 unspecified atom stereocenters. The first kappa shape index (κ1) is 20.5. The van der Waals surface area contributed by atoms with Crippen LogP contribution in [0, 0.1) is 6.92 Å². The van der Waals surface area contributed by atoms with Crippen LogP contribution in [0.2, 0.25) is 0 Å². The minimum absolute atomic E-state index is 0.306. The van der Waals surface area contributed by atoms with Crippen molar-refractivity contribution < 1.29 is 23.5 Å². The van der Waals surface area contributed by atoms with Crippen LogP contribution in [0.4, 0.5) is 0 Å². The van der Waals surface area contributed by atoms with E-state index in [9.17, 15) is 0 Å². The van der Waals surface area contributed by atoms with Crippen molar-refractivity contribution >= 4 is 10.9 Å². The van der Waals surface area contributed by atoms with Crippen molar-refractivity contribution in [2.45, 2.75) is 13.8 Å². The Morgan fingerprint density at radius 3 is 2.29 bits per heavy atom. The van der Waals surface area contributed by atoms with Crippen molar-refractivity contribution in [2.24, 2.45) is 0 Å². The second kappa shape index (κ2) is 8.51. The second-order valence-electron chi connectivity index (χ2n) is 6.81. The first-order valence-corrected chi connectivity index (χ1v) is 9.76. The van der Waals surface area contributed by atoms with Gasteiger partial charge in [-0.3, -0.25) is 0 Å². The largest absolute Gasteiger partial charge is 0.493 e. The summed E-state index contributed by atoms with van der Waals surface area (Å²) in [5.41, 5.74) is 3.26. The molecule has 0 saturated heterocycles. The average molecular weight is 421 g/mol. The smallest absolute Gasteiger partial charge is 0.258 e. The molecule has 0 fully saturated rings. The average Bonchev–Trinajstić information content (AvgIpc) is 3.27. The van der Waals surface area contributed by atoms with E-state index in [1.54, 1.807) is 33.5 Å². The minimum Gasteiger partial charge on any atom is -0.493 e. The number of ether oxygens (including phenoxy) is 4. The van der Waals surface area contributed by atoms with Gasteiger partial charge in [-0.25, -0.2) is 4.98 Å². The molecule has 0 aliphatic carbocycles. The molecular formula is C23H23N3O5. The van der Waals surface area contributed by atoms with Crippen LogP contribution >= 0.6 is 0 Å². The van der Waals surface area contributed by atoms with Crippen LogP contribution in [0.15, 0.2) is 40.9 Å². The Labute approximate surface area is 179 Å². The molecule has 0 spiro atoms. The molecule has 0 N–H and O–H groups in total. The maximum Gasteiger partial charge on any atom is 0.258 e. The van der Waals surface area contributed by atoms with Gasteiger partial charge in [0.05, 0.1) is 39.0 Å². The van der Waals surface area contributed by atoms with E-state index in [0.29, 0.717) is 52.6 Å². The summed E-state index contributed by atoms with van der Waals surface area (Å²) >= 11 is 0. The van der Waals surface area contributed by atoms with Gasteiger partial charge in [0.25, 0.3) is 5.89 Å². The van der Waals surface area contributed by atoms with Gasteiger partial charge >= 0.3 is 0 Å². The number of nitrogens with zero attached hydrogens (tertiary/aromatic N) is 3. The summed E-state index contributed by atoms with van der Waals surface area (Å²) < 4.78 is 27.5. The molecule has 8 heteroatoms. The molecular weight excluding hydrogens is 398 g/mol. The lowest BCUT2D eigenvalue weighted by atomic mass is 10.1. The van der Waals surface area contributed by atoms with Gasteiger partial charge in [-0.1, -0.05) is 17.3 Å². The third-order valence-electron chi connectivity index (χ3n) is 4.80. The summed E-state index contributed by atoms with van der Waals surface area (Å²) in [5.74, 6) is 2.62. The normalized spacial score (nSPS) is 10.9. The van der Waals surface area contributed by atoms with Crippen LogP contribution in [-0.2, 0) is 0 Å². The van der Waals surface area contributed by atoms with E-state index >= 15 is 0 Å². The van der Waals surface area contributed by atoms with Gasteiger partial charge in [-0.2, -0.15) is 4.98 Å². The fourth-order valence-electron chi connectivity index (χ4n) is 3.32. The number of aromatic nitrogens is 3. The monoisotopic (exact) mass is 421 g/mol. The van der Waals surface area contributed by atoms with Gasteiger partial charge in [0.2, 0.25) is 17.5 Å². The molecule has 0 bridgehead atoms. The van der Waals surface area contributed by atoms with Crippen molar-refractivity contribution in [3.63, 3.8) is 0 Å². The SMILES string of the molecule is CCOc1nc2cc(C)ccc2cc1-c1noc(-c2cc(OC)c(OC)c(OC)c2)n1. The molecule has 2 heterocycles. The molecule has 4 rings (SSSR count). The molecule has 31 heavy (non-hydrogen) atoms. The van der Waals surface area contributed by atoms with Gasteiger partial charge in [-0.05, 0) is 43.7 Å². The van der Waals surface area contributed by atoms with Crippen LogP contribution in [0.25, 0.3) is 33.7 Å². The Morgan fingerprint density at radius 2 is 1.65 bits per heavy atom. The van der Waals surface area contributed by atoms with Crippen molar-refractivity contribution in [3.8, 4) is 46.0 Å². The first-order chi connectivity index (χ1) is 15.1. The lowest BCUT2D eigenvalue weighted by Crippen LogP contribution is -1.98. The second-order valence-corrected chi connectivity index (χ2v) is 6.81. The van der Waals surface area contributed by atoms with Crippen molar-refractivity contribution in [1.29, 1.82) is 0 Å². The van der Waals surface area contributed by atoms with E-state index < -0.39 is 0 Å². The standard InChI is InChI=1S/C23H23N3O5/c1-6-30-23-16(10-14-8-7-13(2)9-17(14)24-23)21-25-22(31-26-21)15-11-18(27-3)20(29-5)19(12-15)28-4/h7-12H,6H2,1-5H3. The van der Waals surface area contributed by atoms with E-state index in [1.165, 1.54) is 0 Å². The van der Waals surface area contributed by atoms with Crippen LogP contribution in [0.1, 0.15) is 12.5 Å². The van der Waals surface area contributed by atoms with Crippen molar-refractivity contribution in [3.05, 3.63) is 42.0 Å². The fourth-order valence-corrected chi connectivity index (χ4v) is 3.32. The molecule has 2 aromatic heterocycles. The van der Waals surface area contributed by atoms with E-state index in [4.69, 9.17) is 23.5 Å². The summed E-state index contributed by atoms with van der Waals surface area (Å²) in [6.07, 6.45) is 0. The summed E-state index contributed by atoms with van der Waals surface area (Å²) in [6, 6.07) is 11.5. The predicted octanol–water partition coefficient (Wildman–Crippen LogP) is 4.68. The highest BCUT2D eigenvalue weighted by atomic mass is 16.5. The Kier molecular flexibility index (Phi) is 5.62. The number of methoxy groups -OCH3 is 3. The van der Waals surface area contributed by atoms with Crippen LogP contribution in [0.5, 0.6) is 23.1 Å². The van der Waals surface area contributed by atoms with E-state index in [0.717, 1.165) is 16.5 Å². The molecule has 0 atom stereocenters. The third kappa shape index (κ3) is 3.84. The maximum absolute atomic E-state index is 5.77. The Balaban J connectivity index is 1.81. The number of aryl methyl sites for hydroxylation is 1. The highest BCUT2D eigenvalue weighted by Gasteiger charge is 2.20. The number of benzene rings is 2. The molecule has 8 nitrogen and oxygen atoms in total. The first-order valence-electron chi connectivity index (χ1n) is 9.76. The zero-order valence-electron chi connectivity index (χ0n) is 18.1. The minimum atomic E-state index is 0.306. The quantitative estimate of drug-likeness (QED) is 0.425. The zero-order chi connectivity index (χ0) is 22.0. The van der Waals surface area contributed by atoms with Gasteiger partial charge in [0.1, 0.15) is 0 Å². The Morgan fingerprint density at radius 1 is 0.903 bits per heavy atom. The van der Waals surface area contributed by atoms with E-state index in [2.05, 4.69) is 15.1 Å². The lowest BCUT2D eigenvalue weighted by Gasteiger charge is -2.12. The zero-order valence-corrected chi connectivity index (χ0v) is 18.1. The lowest BCUT2D eigenvalue weighted by molar-refractivity contribution is 0.324. The maximum atomic E-state index is 5.77. The molecule has 0 saturated carbocycles. The Bertz CT molecular complexity index is 1210. The molecule has 4 aromatic rings. The van der Waals surface area contributed by atoms with Crippen molar-refractivity contribution in [1.82, 2.24) is 15.1 Å². The number of hydrogen-bond acceptors (Lipinski definition) is 8. The predicted molar refractivity (Wildman–Crippen MR) is 116 cm³/mol. The summed E-state index contributed by atoms with van der Waals surface area (Å²) in [7, 11) is 4.66. The van der Waals surface area contributed by atoms with Gasteiger partial charge in [-0.15, -0.1) is 0 Å². The van der Waals surface area contributed by atoms with Crippen molar-refractivity contribution in [2.75, 3.05) is 27.9 Å². The number of rotatable bonds is 7. The van der Waals surface area contributed by atoms with E-state index in [-0.39, 0.29) is 0 Å². The molecule has 0 aliphatic rings. The highest BCUT2D eigenvalue weighted by molar-refractivity contribution is 5.85. The van der Waals surface area contributed by atoms with Crippen LogP contribution in [-0.4, -0.2) is 43.1 Å². The van der Waals surface area contributed by atoms with Gasteiger partial charge < -0.3 is 23.5 Å². The van der Waals surface area contributed by atoms with Crippen LogP contribution in [0.3, 0.4) is 0 Å².